The summed E-state index contributed by atoms with van der Waals surface area (Å²) in [5, 5.41) is 13.4. The third-order valence-electron chi connectivity index (χ3n) is 3.24. The number of ether oxygens (including phenoxy) is 2. The van der Waals surface area contributed by atoms with Crippen LogP contribution in [0.15, 0.2) is 24.3 Å². The van der Waals surface area contributed by atoms with Gasteiger partial charge in [0.2, 0.25) is 0 Å². The molecule has 110 valence electrons. The van der Waals surface area contributed by atoms with Crippen molar-refractivity contribution in [3.8, 4) is 17.6 Å². The first-order valence-electron chi connectivity index (χ1n) is 6.98. The molecule has 1 heterocycles. The predicted octanol–water partition coefficient (Wildman–Crippen LogP) is 2.92. The Morgan fingerprint density at radius 1 is 1.24 bits per heavy atom. The first kappa shape index (κ1) is 14.9. The number of rotatable bonds is 6. The van der Waals surface area contributed by atoms with Gasteiger partial charge >= 0.3 is 0 Å². The SMILES string of the molecule is CCc1cc(COc2ccc(C#N)cc2OC)n(CC)n1. The van der Waals surface area contributed by atoms with Crippen molar-refractivity contribution in [2.24, 2.45) is 0 Å². The maximum absolute atomic E-state index is 8.90. The maximum Gasteiger partial charge on any atom is 0.162 e. The summed E-state index contributed by atoms with van der Waals surface area (Å²) in [6.45, 7) is 5.36. The average molecular weight is 285 g/mol. The number of hydrogen-bond donors (Lipinski definition) is 0. The van der Waals surface area contributed by atoms with E-state index in [1.165, 1.54) is 0 Å². The van der Waals surface area contributed by atoms with E-state index in [0.29, 0.717) is 23.7 Å². The minimum Gasteiger partial charge on any atom is -0.493 e. The number of aromatic nitrogens is 2. The zero-order valence-electron chi connectivity index (χ0n) is 12.6. The Kier molecular flexibility index (Phi) is 4.83. The van der Waals surface area contributed by atoms with E-state index in [-0.39, 0.29) is 0 Å². The minimum atomic E-state index is 0.420. The van der Waals surface area contributed by atoms with Gasteiger partial charge in [0.25, 0.3) is 0 Å². The van der Waals surface area contributed by atoms with Crippen molar-refractivity contribution in [2.45, 2.75) is 33.4 Å². The van der Waals surface area contributed by atoms with Crippen molar-refractivity contribution < 1.29 is 9.47 Å². The summed E-state index contributed by atoms with van der Waals surface area (Å²) in [6.07, 6.45) is 0.903. The number of aryl methyl sites for hydroxylation is 2. The summed E-state index contributed by atoms with van der Waals surface area (Å²) >= 11 is 0. The molecule has 0 N–H and O–H groups in total. The van der Waals surface area contributed by atoms with E-state index in [2.05, 4.69) is 31.1 Å². The molecule has 0 aliphatic rings. The third kappa shape index (κ3) is 3.34. The zero-order chi connectivity index (χ0) is 15.2. The second kappa shape index (κ2) is 6.80. The second-order valence-corrected chi connectivity index (χ2v) is 4.56. The van der Waals surface area contributed by atoms with Gasteiger partial charge in [-0.25, -0.2) is 0 Å². The van der Waals surface area contributed by atoms with Gasteiger partial charge in [0.05, 0.1) is 30.1 Å². The molecule has 5 nitrogen and oxygen atoms in total. The van der Waals surface area contributed by atoms with Gasteiger partial charge in [-0.2, -0.15) is 10.4 Å². The van der Waals surface area contributed by atoms with Crippen molar-refractivity contribution in [3.05, 3.63) is 41.2 Å². The zero-order valence-corrected chi connectivity index (χ0v) is 12.6. The van der Waals surface area contributed by atoms with E-state index < -0.39 is 0 Å². The van der Waals surface area contributed by atoms with Gasteiger partial charge in [0, 0.05) is 12.6 Å². The molecule has 0 bridgehead atoms. The maximum atomic E-state index is 8.90. The van der Waals surface area contributed by atoms with Crippen LogP contribution in [0.5, 0.6) is 11.5 Å². The van der Waals surface area contributed by atoms with E-state index in [1.807, 2.05) is 4.68 Å². The highest BCUT2D eigenvalue weighted by Crippen LogP contribution is 2.28. The van der Waals surface area contributed by atoms with Crippen LogP contribution >= 0.6 is 0 Å². The fourth-order valence-corrected chi connectivity index (χ4v) is 2.09. The van der Waals surface area contributed by atoms with Gasteiger partial charge in [-0.05, 0) is 31.5 Å². The average Bonchev–Trinajstić information content (AvgIpc) is 2.95. The Balaban J connectivity index is 2.16. The third-order valence-corrected chi connectivity index (χ3v) is 3.24. The lowest BCUT2D eigenvalue weighted by Gasteiger charge is -2.11. The Morgan fingerprint density at radius 3 is 2.67 bits per heavy atom. The molecule has 0 aliphatic heterocycles. The van der Waals surface area contributed by atoms with E-state index in [4.69, 9.17) is 14.7 Å². The highest BCUT2D eigenvalue weighted by Gasteiger charge is 2.09. The Bertz CT molecular complexity index is 656. The molecule has 0 saturated heterocycles. The van der Waals surface area contributed by atoms with E-state index in [1.54, 1.807) is 25.3 Å². The van der Waals surface area contributed by atoms with Crippen LogP contribution in [0, 0.1) is 11.3 Å². The first-order valence-corrected chi connectivity index (χ1v) is 6.98. The van der Waals surface area contributed by atoms with Gasteiger partial charge in [0.15, 0.2) is 11.5 Å². The molecule has 0 spiro atoms. The van der Waals surface area contributed by atoms with Crippen LogP contribution in [0.4, 0.5) is 0 Å². The molecule has 21 heavy (non-hydrogen) atoms. The Hall–Kier alpha value is -2.48. The van der Waals surface area contributed by atoms with Crippen LogP contribution < -0.4 is 9.47 Å². The van der Waals surface area contributed by atoms with Crippen molar-refractivity contribution in [1.82, 2.24) is 9.78 Å². The monoisotopic (exact) mass is 285 g/mol. The molecule has 1 aromatic heterocycles. The van der Waals surface area contributed by atoms with Crippen LogP contribution in [0.3, 0.4) is 0 Å². The molecular weight excluding hydrogens is 266 g/mol. The van der Waals surface area contributed by atoms with E-state index in [9.17, 15) is 0 Å². The van der Waals surface area contributed by atoms with Crippen LogP contribution in [0.25, 0.3) is 0 Å². The predicted molar refractivity (Wildman–Crippen MR) is 79.3 cm³/mol. The summed E-state index contributed by atoms with van der Waals surface area (Å²) in [6, 6.07) is 9.28. The minimum absolute atomic E-state index is 0.420. The lowest BCUT2D eigenvalue weighted by Crippen LogP contribution is -2.06. The Morgan fingerprint density at radius 2 is 2.05 bits per heavy atom. The number of nitriles is 1. The highest BCUT2D eigenvalue weighted by molar-refractivity contribution is 5.46. The van der Waals surface area contributed by atoms with Crippen molar-refractivity contribution >= 4 is 0 Å². The normalized spacial score (nSPS) is 10.2. The highest BCUT2D eigenvalue weighted by atomic mass is 16.5. The Labute approximate surface area is 124 Å². The van der Waals surface area contributed by atoms with Crippen LogP contribution in [-0.2, 0) is 19.6 Å². The standard InChI is InChI=1S/C16H19N3O2/c1-4-13-9-14(19(5-2)18-13)11-21-15-7-6-12(10-17)8-16(15)20-3/h6-9H,4-5,11H2,1-3H3. The lowest BCUT2D eigenvalue weighted by molar-refractivity contribution is 0.274. The van der Waals surface area contributed by atoms with Crippen LogP contribution in [0.2, 0.25) is 0 Å². The molecule has 2 aromatic rings. The van der Waals surface area contributed by atoms with Crippen molar-refractivity contribution in [1.29, 1.82) is 5.26 Å². The molecule has 0 fully saturated rings. The topological polar surface area (TPSA) is 60.1 Å². The molecule has 5 heteroatoms. The van der Waals surface area contributed by atoms with Crippen LogP contribution in [0.1, 0.15) is 30.8 Å². The first-order chi connectivity index (χ1) is 10.2. The molecule has 0 saturated carbocycles. The largest absolute Gasteiger partial charge is 0.493 e. The number of methoxy groups -OCH3 is 1. The molecule has 0 aliphatic carbocycles. The molecular formula is C16H19N3O2. The lowest BCUT2D eigenvalue weighted by atomic mass is 10.2. The van der Waals surface area contributed by atoms with E-state index in [0.717, 1.165) is 24.4 Å². The fourth-order valence-electron chi connectivity index (χ4n) is 2.09. The van der Waals surface area contributed by atoms with E-state index >= 15 is 0 Å². The molecule has 0 amide bonds. The van der Waals surface area contributed by atoms with Gasteiger partial charge in [0.1, 0.15) is 6.61 Å². The fraction of sp³-hybridized carbons (Fsp3) is 0.375. The van der Waals surface area contributed by atoms with Gasteiger partial charge < -0.3 is 9.47 Å². The smallest absolute Gasteiger partial charge is 0.162 e. The number of hydrogen-bond acceptors (Lipinski definition) is 4. The molecule has 0 unspecified atom stereocenters. The van der Waals surface area contributed by atoms with Gasteiger partial charge in [-0.15, -0.1) is 0 Å². The summed E-state index contributed by atoms with van der Waals surface area (Å²) in [5.41, 5.74) is 2.63. The quantitative estimate of drug-likeness (QED) is 0.818. The van der Waals surface area contributed by atoms with Crippen molar-refractivity contribution in [2.75, 3.05) is 7.11 Å². The summed E-state index contributed by atoms with van der Waals surface area (Å²) < 4.78 is 13.0. The van der Waals surface area contributed by atoms with Gasteiger partial charge in [-0.3, -0.25) is 4.68 Å². The van der Waals surface area contributed by atoms with Gasteiger partial charge in [-0.1, -0.05) is 6.92 Å². The number of benzene rings is 1. The summed E-state index contributed by atoms with van der Waals surface area (Å²) in [5.74, 6) is 1.19. The molecule has 2 rings (SSSR count). The second-order valence-electron chi connectivity index (χ2n) is 4.56. The summed E-state index contributed by atoms with van der Waals surface area (Å²) in [4.78, 5) is 0. The number of nitrogens with zero attached hydrogens (tertiary/aromatic N) is 3. The van der Waals surface area contributed by atoms with Crippen molar-refractivity contribution in [3.63, 3.8) is 0 Å². The van der Waals surface area contributed by atoms with Crippen LogP contribution in [-0.4, -0.2) is 16.9 Å². The molecule has 0 radical (unpaired) electrons. The molecule has 0 atom stereocenters. The molecule has 1 aromatic carbocycles. The summed E-state index contributed by atoms with van der Waals surface area (Å²) in [7, 11) is 1.56.